The number of aliphatic carboxylic acids is 1. The largest absolute Gasteiger partial charge is 0.481 e. The van der Waals surface area contributed by atoms with E-state index in [9.17, 15) is 18.0 Å². The summed E-state index contributed by atoms with van der Waals surface area (Å²) in [5, 5.41) is 11.1. The minimum absolute atomic E-state index is 0. The Morgan fingerprint density at radius 1 is 1.24 bits per heavy atom. The third kappa shape index (κ3) is 9.95. The molecule has 0 radical (unpaired) electrons. The van der Waals surface area contributed by atoms with Crippen LogP contribution in [-0.2, 0) is 19.4 Å². The van der Waals surface area contributed by atoms with Crippen molar-refractivity contribution in [2.75, 3.05) is 6.26 Å². The highest BCUT2D eigenvalue weighted by Crippen LogP contribution is 2.26. The third-order valence-electron chi connectivity index (χ3n) is 4.03. The maximum absolute atomic E-state index is 15.1. The number of sulfone groups is 1. The molecule has 1 aromatic carbocycles. The van der Waals surface area contributed by atoms with Crippen LogP contribution in [0.25, 0.3) is 0 Å². The van der Waals surface area contributed by atoms with Crippen molar-refractivity contribution in [1.29, 1.82) is 0 Å². The molecule has 2 unspecified atom stereocenters. The highest BCUT2D eigenvalue weighted by Gasteiger charge is 2.28. The quantitative estimate of drug-likeness (QED) is 0.407. The second-order valence-electron chi connectivity index (χ2n) is 6.44. The molecule has 0 aliphatic heterocycles. The van der Waals surface area contributed by atoms with Crippen molar-refractivity contribution >= 4 is 57.3 Å². The predicted molar refractivity (Wildman–Crippen MR) is 112 cm³/mol. The summed E-state index contributed by atoms with van der Waals surface area (Å²) < 4.78 is 38.1. The third-order valence-corrected chi connectivity index (χ3v) is 5.55. The van der Waals surface area contributed by atoms with Gasteiger partial charge in [0.1, 0.15) is 6.17 Å². The molecule has 0 saturated heterocycles. The molecule has 0 aliphatic rings. The van der Waals surface area contributed by atoms with Crippen LogP contribution in [0.2, 0.25) is 0 Å². The van der Waals surface area contributed by atoms with Gasteiger partial charge in [0.25, 0.3) is 5.91 Å². The molecule has 29 heavy (non-hydrogen) atoms. The maximum atomic E-state index is 15.1. The Balaban J connectivity index is 0.00000784. The number of carbonyl (C=O) groups excluding carboxylic acids is 1. The van der Waals surface area contributed by atoms with E-state index in [4.69, 9.17) is 34.0 Å². The van der Waals surface area contributed by atoms with Crippen molar-refractivity contribution in [3.8, 4) is 0 Å². The normalized spacial score (nSPS) is 14.6. The van der Waals surface area contributed by atoms with E-state index in [1.54, 1.807) is 0 Å². The van der Waals surface area contributed by atoms with E-state index in [-0.39, 0.29) is 35.7 Å². The van der Waals surface area contributed by atoms with E-state index in [1.165, 1.54) is 24.3 Å². The van der Waals surface area contributed by atoms with Crippen LogP contribution in [0.4, 0.5) is 4.39 Å². The van der Waals surface area contributed by atoms with Gasteiger partial charge >= 0.3 is 5.97 Å². The second kappa shape index (κ2) is 12.5. The lowest BCUT2D eigenvalue weighted by Gasteiger charge is -2.26. The Morgan fingerprint density at radius 2 is 1.79 bits per heavy atom. The molecule has 0 aromatic heterocycles. The first-order chi connectivity index (χ1) is 12.9. The Kier molecular flexibility index (Phi) is 12.1. The molecule has 1 aromatic rings. The smallest absolute Gasteiger partial charge is 0.303 e. The molecular weight excluding hydrogens is 470 g/mol. The number of carboxylic acid groups (broad SMARTS) is 1. The van der Waals surface area contributed by atoms with Crippen molar-refractivity contribution in [2.24, 2.45) is 5.73 Å². The molecule has 4 N–H and O–H groups in total. The van der Waals surface area contributed by atoms with Crippen molar-refractivity contribution < 1.29 is 27.5 Å². The minimum Gasteiger partial charge on any atom is -0.481 e. The van der Waals surface area contributed by atoms with Crippen LogP contribution in [0.1, 0.15) is 37.4 Å². The molecule has 166 valence electrons. The summed E-state index contributed by atoms with van der Waals surface area (Å²) in [6.07, 6.45) is -0.0813. The number of rotatable bonds is 11. The van der Waals surface area contributed by atoms with Crippen LogP contribution >= 0.6 is 35.6 Å². The molecule has 0 spiro atoms. The Hall–Kier alpha value is -1.13. The first kappa shape index (κ1) is 27.9. The van der Waals surface area contributed by atoms with Gasteiger partial charge in [-0.15, -0.1) is 12.4 Å². The fourth-order valence-electron chi connectivity index (χ4n) is 2.59. The zero-order chi connectivity index (χ0) is 21.5. The molecule has 0 aliphatic carbocycles. The lowest BCUT2D eigenvalue weighted by Crippen LogP contribution is -2.44. The van der Waals surface area contributed by atoms with Gasteiger partial charge in [-0.3, -0.25) is 9.59 Å². The number of hydrogen-bond donors (Lipinski definition) is 3. The number of alkyl halides is 3. The number of nitrogens with two attached hydrogens (primary N) is 1. The van der Waals surface area contributed by atoms with Crippen LogP contribution < -0.4 is 11.1 Å². The maximum Gasteiger partial charge on any atom is 0.303 e. The van der Waals surface area contributed by atoms with E-state index < -0.39 is 44.8 Å². The second-order valence-corrected chi connectivity index (χ2v) is 9.55. The molecule has 12 heteroatoms. The molecular formula is C17H24Cl3FN2O5S. The van der Waals surface area contributed by atoms with Gasteiger partial charge < -0.3 is 16.2 Å². The van der Waals surface area contributed by atoms with E-state index in [1.807, 2.05) is 0 Å². The Morgan fingerprint density at radius 3 is 2.24 bits per heavy atom. The van der Waals surface area contributed by atoms with Crippen molar-refractivity contribution in [1.82, 2.24) is 5.32 Å². The molecule has 1 amide bonds. The van der Waals surface area contributed by atoms with Crippen LogP contribution in [0.3, 0.4) is 0 Å². The predicted octanol–water partition coefficient (Wildman–Crippen LogP) is 2.78. The number of amides is 1. The van der Waals surface area contributed by atoms with Gasteiger partial charge in [0.2, 0.25) is 0 Å². The van der Waals surface area contributed by atoms with E-state index in [0.29, 0.717) is 12.8 Å². The zero-order valence-corrected chi connectivity index (χ0v) is 18.7. The van der Waals surface area contributed by atoms with Crippen LogP contribution in [0.5, 0.6) is 0 Å². The number of nitrogens with one attached hydrogen (secondary N) is 1. The van der Waals surface area contributed by atoms with Gasteiger partial charge in [0.05, 0.1) is 10.9 Å². The molecule has 0 bridgehead atoms. The summed E-state index contributed by atoms with van der Waals surface area (Å²) in [7, 11) is -3.43. The number of halogens is 4. The van der Waals surface area contributed by atoms with E-state index >= 15 is 4.39 Å². The average molecular weight is 494 g/mol. The first-order valence-electron chi connectivity index (χ1n) is 8.41. The first-order valence-corrected chi connectivity index (χ1v) is 11.2. The summed E-state index contributed by atoms with van der Waals surface area (Å²) in [4.78, 5) is 21.0. The summed E-state index contributed by atoms with van der Waals surface area (Å²) in [5.41, 5.74) is 6.10. The lowest BCUT2D eigenvalue weighted by atomic mass is 9.95. The molecule has 0 saturated carbocycles. The van der Waals surface area contributed by atoms with Crippen molar-refractivity contribution in [3.05, 3.63) is 29.8 Å². The molecule has 3 atom stereocenters. The standard InChI is InChI=1S/C17H23Cl2FN2O5S.ClH/c1-28(26,27)12-7-5-10(6-8-12)15(20)13(22-17(25)16(18)19)9-11(21)3-2-4-14(23)24;/h5-8,11,13,15-16H,2-4,9,21H2,1H3,(H,22,25)(H,23,24);1H/t11?,13-,15?;/m0./s1. The zero-order valence-electron chi connectivity index (χ0n) is 15.6. The topological polar surface area (TPSA) is 127 Å². The van der Waals surface area contributed by atoms with Gasteiger partial charge in [-0.05, 0) is 37.0 Å². The van der Waals surface area contributed by atoms with Crippen LogP contribution in [-0.4, -0.2) is 48.6 Å². The fraction of sp³-hybridized carbons (Fsp3) is 0.529. The highest BCUT2D eigenvalue weighted by molar-refractivity contribution is 7.90. The van der Waals surface area contributed by atoms with Crippen LogP contribution in [0.15, 0.2) is 29.2 Å². The van der Waals surface area contributed by atoms with E-state index in [0.717, 1.165) is 6.26 Å². The summed E-state index contributed by atoms with van der Waals surface area (Å²) in [6.45, 7) is 0. The van der Waals surface area contributed by atoms with Crippen molar-refractivity contribution in [3.63, 3.8) is 0 Å². The monoisotopic (exact) mass is 492 g/mol. The van der Waals surface area contributed by atoms with Gasteiger partial charge in [-0.1, -0.05) is 35.3 Å². The van der Waals surface area contributed by atoms with E-state index in [2.05, 4.69) is 5.32 Å². The molecule has 0 fully saturated rings. The number of hydrogen-bond acceptors (Lipinski definition) is 5. The molecule has 7 nitrogen and oxygen atoms in total. The van der Waals surface area contributed by atoms with Gasteiger partial charge in [0, 0.05) is 18.7 Å². The van der Waals surface area contributed by atoms with Crippen molar-refractivity contribution in [2.45, 2.75) is 53.7 Å². The van der Waals surface area contributed by atoms with Gasteiger partial charge in [-0.2, -0.15) is 0 Å². The number of carboxylic acids is 1. The summed E-state index contributed by atoms with van der Waals surface area (Å²) in [5.74, 6) is -1.75. The average Bonchev–Trinajstić information content (AvgIpc) is 2.59. The summed E-state index contributed by atoms with van der Waals surface area (Å²) in [6, 6.07) is 3.53. The van der Waals surface area contributed by atoms with Crippen LogP contribution in [0, 0.1) is 0 Å². The minimum atomic E-state index is -3.43. The van der Waals surface area contributed by atoms with Gasteiger partial charge in [-0.25, -0.2) is 12.8 Å². The molecule has 1 rings (SSSR count). The lowest BCUT2D eigenvalue weighted by molar-refractivity contribution is -0.137. The Labute approximate surface area is 185 Å². The van der Waals surface area contributed by atoms with Gasteiger partial charge in [0.15, 0.2) is 14.7 Å². The molecule has 0 heterocycles. The Bertz CT molecular complexity index is 778. The number of carbonyl (C=O) groups is 2. The fourth-order valence-corrected chi connectivity index (χ4v) is 3.34. The number of benzene rings is 1. The summed E-state index contributed by atoms with van der Waals surface area (Å²) >= 11 is 11.0. The highest BCUT2D eigenvalue weighted by atomic mass is 35.5. The SMILES string of the molecule is CS(=O)(=O)c1ccc(C(F)[C@H](CC(N)CCCC(=O)O)NC(=O)C(Cl)Cl)cc1.Cl.